The van der Waals surface area contributed by atoms with Gasteiger partial charge in [0.1, 0.15) is 11.9 Å². The zero-order valence-electron chi connectivity index (χ0n) is 13.0. The molecule has 1 spiro atoms. The van der Waals surface area contributed by atoms with Gasteiger partial charge in [0.2, 0.25) is 10.0 Å². The van der Waals surface area contributed by atoms with Crippen LogP contribution in [-0.2, 0) is 10.0 Å². The molecular formula is C17H18N2O3S2. The summed E-state index contributed by atoms with van der Waals surface area (Å²) < 4.78 is 32.7. The molecule has 1 atom stereocenters. The molecule has 2 aliphatic heterocycles. The first-order valence-electron chi connectivity index (χ1n) is 7.83. The molecule has 0 radical (unpaired) electrons. The molecule has 3 heterocycles. The topological polar surface area (TPSA) is 59.5 Å². The first-order valence-corrected chi connectivity index (χ1v) is 10.3. The molecule has 0 N–H and O–H groups in total. The summed E-state index contributed by atoms with van der Waals surface area (Å²) in [5.41, 5.74) is 0. The van der Waals surface area contributed by atoms with Crippen LogP contribution < -0.4 is 4.74 Å². The molecule has 2 aromatic rings. The fourth-order valence-corrected chi connectivity index (χ4v) is 6.54. The average molecular weight is 362 g/mol. The first kappa shape index (κ1) is 15.9. The molecule has 2 aliphatic rings. The molecule has 1 aromatic heterocycles. The molecular weight excluding hydrogens is 344 g/mol. The van der Waals surface area contributed by atoms with Crippen LogP contribution in [0.1, 0.15) is 6.42 Å². The van der Waals surface area contributed by atoms with Gasteiger partial charge in [-0.05, 0) is 24.3 Å². The minimum Gasteiger partial charge on any atom is -0.488 e. The number of pyridine rings is 1. The number of thioether (sulfide) groups is 1. The highest BCUT2D eigenvalue weighted by molar-refractivity contribution is 8.01. The van der Waals surface area contributed by atoms with E-state index in [1.807, 2.05) is 30.0 Å². The van der Waals surface area contributed by atoms with Crippen molar-refractivity contribution in [1.29, 1.82) is 0 Å². The van der Waals surface area contributed by atoms with Crippen molar-refractivity contribution in [3.63, 3.8) is 0 Å². The minimum absolute atomic E-state index is 0.00523. The zero-order valence-corrected chi connectivity index (χ0v) is 14.7. The van der Waals surface area contributed by atoms with Crippen molar-refractivity contribution in [2.24, 2.45) is 0 Å². The Labute approximate surface area is 146 Å². The minimum atomic E-state index is -3.37. The van der Waals surface area contributed by atoms with Gasteiger partial charge in [0, 0.05) is 36.2 Å². The van der Waals surface area contributed by atoms with Gasteiger partial charge in [-0.1, -0.05) is 18.2 Å². The van der Waals surface area contributed by atoms with E-state index in [4.69, 9.17) is 4.74 Å². The van der Waals surface area contributed by atoms with E-state index in [-0.39, 0.29) is 10.9 Å². The zero-order chi connectivity index (χ0) is 16.6. The van der Waals surface area contributed by atoms with Crippen LogP contribution in [-0.4, -0.2) is 47.4 Å². The van der Waals surface area contributed by atoms with Crippen molar-refractivity contribution in [2.45, 2.75) is 22.2 Å². The van der Waals surface area contributed by atoms with Gasteiger partial charge in [0.15, 0.2) is 0 Å². The van der Waals surface area contributed by atoms with E-state index in [9.17, 15) is 8.42 Å². The highest BCUT2D eigenvalue weighted by Gasteiger charge is 2.53. The Morgan fingerprint density at radius 1 is 1.17 bits per heavy atom. The van der Waals surface area contributed by atoms with Crippen LogP contribution in [0.4, 0.5) is 0 Å². The molecule has 0 aliphatic carbocycles. The Morgan fingerprint density at radius 2 is 1.96 bits per heavy atom. The van der Waals surface area contributed by atoms with Crippen LogP contribution in [0.3, 0.4) is 0 Å². The third-order valence-electron chi connectivity index (χ3n) is 4.42. The second kappa shape index (κ2) is 6.06. The van der Waals surface area contributed by atoms with E-state index in [1.54, 1.807) is 41.0 Å². The van der Waals surface area contributed by atoms with Gasteiger partial charge in [-0.15, -0.1) is 11.8 Å². The number of aromatic nitrogens is 1. The smallest absolute Gasteiger partial charge is 0.243 e. The highest BCUT2D eigenvalue weighted by atomic mass is 32.2. The standard InChI is InChI=1S/C17H18N2O3S2/c20-24(21,16-6-2-1-3-7-16)19-12-17(13-19)9-15(11-23-17)22-14-5-4-8-18-10-14/h1-8,10,15H,9,11-13H2/t15-/m1/s1. The molecule has 24 heavy (non-hydrogen) atoms. The van der Waals surface area contributed by atoms with Gasteiger partial charge in [0.05, 0.1) is 11.1 Å². The molecule has 0 bridgehead atoms. The van der Waals surface area contributed by atoms with Crippen molar-refractivity contribution in [2.75, 3.05) is 18.8 Å². The predicted molar refractivity (Wildman–Crippen MR) is 93.7 cm³/mol. The number of hydrogen-bond acceptors (Lipinski definition) is 5. The number of sulfonamides is 1. The largest absolute Gasteiger partial charge is 0.488 e. The summed E-state index contributed by atoms with van der Waals surface area (Å²) in [6.45, 7) is 1.11. The fourth-order valence-electron chi connectivity index (χ4n) is 3.22. The SMILES string of the molecule is O=S(=O)(c1ccccc1)N1CC2(C[C@@H](Oc3cccnc3)CS2)C1. The number of hydrogen-bond donors (Lipinski definition) is 0. The van der Waals surface area contributed by atoms with E-state index < -0.39 is 10.0 Å². The highest BCUT2D eigenvalue weighted by Crippen LogP contribution is 2.47. The number of ether oxygens (including phenoxy) is 1. The molecule has 0 saturated carbocycles. The fraction of sp³-hybridized carbons (Fsp3) is 0.353. The maximum Gasteiger partial charge on any atom is 0.243 e. The van der Waals surface area contributed by atoms with Crippen LogP contribution in [0.5, 0.6) is 5.75 Å². The van der Waals surface area contributed by atoms with Crippen molar-refractivity contribution in [1.82, 2.24) is 9.29 Å². The number of rotatable bonds is 4. The number of benzene rings is 1. The molecule has 5 nitrogen and oxygen atoms in total. The van der Waals surface area contributed by atoms with E-state index in [1.165, 1.54) is 0 Å². The second-order valence-electron chi connectivity index (χ2n) is 6.21. The van der Waals surface area contributed by atoms with Crippen LogP contribution >= 0.6 is 11.8 Å². The van der Waals surface area contributed by atoms with E-state index in [0.29, 0.717) is 18.0 Å². The normalized spacial score (nSPS) is 23.1. The second-order valence-corrected chi connectivity index (χ2v) is 9.64. The molecule has 2 saturated heterocycles. The molecule has 2 fully saturated rings. The summed E-state index contributed by atoms with van der Waals surface area (Å²) in [5.74, 6) is 1.65. The number of nitrogens with zero attached hydrogens (tertiary/aromatic N) is 2. The average Bonchev–Trinajstić information content (AvgIpc) is 3.00. The van der Waals surface area contributed by atoms with Gasteiger partial charge in [-0.3, -0.25) is 4.98 Å². The van der Waals surface area contributed by atoms with Gasteiger partial charge in [-0.2, -0.15) is 4.31 Å². The lowest BCUT2D eigenvalue weighted by Crippen LogP contribution is -2.60. The third kappa shape index (κ3) is 2.92. The quantitative estimate of drug-likeness (QED) is 0.836. The summed E-state index contributed by atoms with van der Waals surface area (Å²) in [6, 6.07) is 12.4. The Bertz CT molecular complexity index is 806. The van der Waals surface area contributed by atoms with Crippen molar-refractivity contribution >= 4 is 21.8 Å². The van der Waals surface area contributed by atoms with Gasteiger partial charge >= 0.3 is 0 Å². The summed E-state index contributed by atoms with van der Waals surface area (Å²) in [5, 5.41) is 0. The summed E-state index contributed by atoms with van der Waals surface area (Å²) >= 11 is 1.82. The Kier molecular flexibility index (Phi) is 4.02. The molecule has 126 valence electrons. The molecule has 4 rings (SSSR count). The van der Waals surface area contributed by atoms with Crippen LogP contribution in [0.2, 0.25) is 0 Å². The lowest BCUT2D eigenvalue weighted by atomic mass is 9.95. The van der Waals surface area contributed by atoms with Crippen molar-refractivity contribution in [3.05, 3.63) is 54.9 Å². The lowest BCUT2D eigenvalue weighted by molar-refractivity contribution is 0.159. The van der Waals surface area contributed by atoms with E-state index in [0.717, 1.165) is 17.9 Å². The van der Waals surface area contributed by atoms with Crippen LogP contribution in [0.25, 0.3) is 0 Å². The molecule has 1 aromatic carbocycles. The van der Waals surface area contributed by atoms with Crippen molar-refractivity contribution < 1.29 is 13.2 Å². The van der Waals surface area contributed by atoms with Crippen LogP contribution in [0.15, 0.2) is 59.8 Å². The van der Waals surface area contributed by atoms with E-state index >= 15 is 0 Å². The molecule has 0 amide bonds. The van der Waals surface area contributed by atoms with Gasteiger partial charge < -0.3 is 4.74 Å². The van der Waals surface area contributed by atoms with Crippen LogP contribution in [0, 0.1) is 0 Å². The lowest BCUT2D eigenvalue weighted by Gasteiger charge is -2.46. The monoisotopic (exact) mass is 362 g/mol. The maximum atomic E-state index is 12.6. The summed E-state index contributed by atoms with van der Waals surface area (Å²) in [7, 11) is -3.37. The van der Waals surface area contributed by atoms with E-state index in [2.05, 4.69) is 4.98 Å². The third-order valence-corrected chi connectivity index (χ3v) is 7.80. The van der Waals surface area contributed by atoms with Gasteiger partial charge in [-0.25, -0.2) is 8.42 Å². The maximum absolute atomic E-state index is 12.6. The Morgan fingerprint density at radius 3 is 2.67 bits per heavy atom. The van der Waals surface area contributed by atoms with Gasteiger partial charge in [0.25, 0.3) is 0 Å². The summed E-state index contributed by atoms with van der Waals surface area (Å²) in [6.07, 6.45) is 4.41. The first-order chi connectivity index (χ1) is 11.6. The Hall–Kier alpha value is -1.57. The molecule has 0 unspecified atom stereocenters. The van der Waals surface area contributed by atoms with Crippen molar-refractivity contribution in [3.8, 4) is 5.75 Å². The summed E-state index contributed by atoms with van der Waals surface area (Å²) in [4.78, 5) is 4.42. The Balaban J connectivity index is 1.39. The molecule has 7 heteroatoms. The predicted octanol–water partition coefficient (Wildman–Crippen LogP) is 2.41.